The molecular weight excluding hydrogens is 278 g/mol. The third-order valence-corrected chi connectivity index (χ3v) is 4.81. The highest BCUT2D eigenvalue weighted by molar-refractivity contribution is 5.70. The molecule has 1 heterocycles. The number of hydrogen-bond donors (Lipinski definition) is 1. The minimum absolute atomic E-state index is 0.108. The second-order valence-corrected chi connectivity index (χ2v) is 8.29. The Balaban J connectivity index is 1.91. The van der Waals surface area contributed by atoms with Gasteiger partial charge in [0.25, 0.3) is 0 Å². The Hall–Kier alpha value is -0.610. The summed E-state index contributed by atoms with van der Waals surface area (Å²) in [4.78, 5) is 12.1. The van der Waals surface area contributed by atoms with Gasteiger partial charge in [-0.3, -0.25) is 4.79 Å². The lowest BCUT2D eigenvalue weighted by atomic mass is 9.81. The number of rotatable bonds is 4. The second kappa shape index (κ2) is 7.31. The van der Waals surface area contributed by atoms with Gasteiger partial charge < -0.3 is 14.8 Å². The zero-order chi connectivity index (χ0) is 16.2. The van der Waals surface area contributed by atoms with Gasteiger partial charge in [0.1, 0.15) is 5.60 Å². The van der Waals surface area contributed by atoms with E-state index in [0.29, 0.717) is 19.1 Å². The Kier molecular flexibility index (Phi) is 5.89. The summed E-state index contributed by atoms with van der Waals surface area (Å²) in [5, 5.41) is 3.86. The van der Waals surface area contributed by atoms with Gasteiger partial charge >= 0.3 is 5.97 Å². The molecule has 1 saturated carbocycles. The van der Waals surface area contributed by atoms with Gasteiger partial charge in [-0.05, 0) is 47.0 Å². The van der Waals surface area contributed by atoms with Gasteiger partial charge in [-0.15, -0.1) is 0 Å². The minimum atomic E-state index is -0.412. The van der Waals surface area contributed by atoms with E-state index >= 15 is 0 Å². The van der Waals surface area contributed by atoms with E-state index in [9.17, 15) is 4.79 Å². The van der Waals surface area contributed by atoms with Gasteiger partial charge in [0, 0.05) is 24.1 Å². The lowest BCUT2D eigenvalue weighted by Gasteiger charge is -2.42. The maximum absolute atomic E-state index is 12.1. The van der Waals surface area contributed by atoms with Crippen LogP contribution in [-0.4, -0.2) is 36.4 Å². The zero-order valence-corrected chi connectivity index (χ0v) is 14.7. The maximum atomic E-state index is 12.1. The van der Waals surface area contributed by atoms with Crippen LogP contribution in [0.15, 0.2) is 0 Å². The molecule has 2 fully saturated rings. The van der Waals surface area contributed by atoms with Crippen LogP contribution in [-0.2, 0) is 14.3 Å². The molecule has 0 aromatic carbocycles. The predicted octanol–water partition coefficient (Wildman–Crippen LogP) is 3.44. The van der Waals surface area contributed by atoms with Crippen LogP contribution in [0.25, 0.3) is 0 Å². The molecule has 2 aliphatic rings. The molecule has 2 rings (SSSR count). The van der Waals surface area contributed by atoms with Crippen molar-refractivity contribution in [2.75, 3.05) is 13.2 Å². The molecule has 1 saturated heterocycles. The van der Waals surface area contributed by atoms with Crippen molar-refractivity contribution in [3.63, 3.8) is 0 Å². The monoisotopic (exact) mass is 311 g/mol. The molecule has 128 valence electrons. The van der Waals surface area contributed by atoms with Crippen molar-refractivity contribution in [2.24, 2.45) is 5.92 Å². The second-order valence-electron chi connectivity index (χ2n) is 8.29. The summed E-state index contributed by atoms with van der Waals surface area (Å²) in [6, 6.07) is 0.365. The molecule has 0 amide bonds. The van der Waals surface area contributed by atoms with Crippen molar-refractivity contribution < 1.29 is 14.3 Å². The molecule has 2 atom stereocenters. The Morgan fingerprint density at radius 3 is 2.59 bits per heavy atom. The summed E-state index contributed by atoms with van der Waals surface area (Å²) in [5.41, 5.74) is -0.183. The Morgan fingerprint density at radius 2 is 1.95 bits per heavy atom. The quantitative estimate of drug-likeness (QED) is 0.808. The van der Waals surface area contributed by atoms with E-state index in [1.165, 1.54) is 32.1 Å². The first kappa shape index (κ1) is 17.7. The highest BCUT2D eigenvalue weighted by atomic mass is 16.6. The molecule has 0 unspecified atom stereocenters. The van der Waals surface area contributed by atoms with Crippen molar-refractivity contribution in [2.45, 2.75) is 89.8 Å². The molecule has 0 aromatic heterocycles. The first-order valence-electron chi connectivity index (χ1n) is 8.85. The number of ether oxygens (including phenoxy) is 2. The molecule has 1 N–H and O–H groups in total. The predicted molar refractivity (Wildman–Crippen MR) is 87.8 cm³/mol. The van der Waals surface area contributed by atoms with Crippen molar-refractivity contribution in [1.82, 2.24) is 5.32 Å². The van der Waals surface area contributed by atoms with Crippen molar-refractivity contribution in [1.29, 1.82) is 0 Å². The maximum Gasteiger partial charge on any atom is 0.306 e. The molecule has 22 heavy (non-hydrogen) atoms. The fraction of sp³-hybridized carbons (Fsp3) is 0.944. The first-order valence-corrected chi connectivity index (χ1v) is 8.85. The summed E-state index contributed by atoms with van der Waals surface area (Å²) < 4.78 is 11.1. The van der Waals surface area contributed by atoms with E-state index in [0.717, 1.165) is 13.0 Å². The summed E-state index contributed by atoms with van der Waals surface area (Å²) in [5.74, 6) is 0.117. The summed E-state index contributed by atoms with van der Waals surface area (Å²) in [6.07, 6.45) is 7.89. The normalized spacial score (nSPS) is 29.1. The van der Waals surface area contributed by atoms with E-state index in [-0.39, 0.29) is 17.4 Å². The minimum Gasteiger partial charge on any atom is -0.460 e. The summed E-state index contributed by atoms with van der Waals surface area (Å²) in [7, 11) is 0. The van der Waals surface area contributed by atoms with Crippen LogP contribution < -0.4 is 5.32 Å². The Labute approximate surface area is 135 Å². The van der Waals surface area contributed by atoms with Gasteiger partial charge in [0.05, 0.1) is 13.0 Å². The smallest absolute Gasteiger partial charge is 0.306 e. The number of hydrogen-bond acceptors (Lipinski definition) is 4. The van der Waals surface area contributed by atoms with Gasteiger partial charge in [0.15, 0.2) is 0 Å². The Morgan fingerprint density at radius 1 is 1.27 bits per heavy atom. The molecule has 0 aromatic rings. The summed E-state index contributed by atoms with van der Waals surface area (Å²) >= 11 is 0. The third-order valence-electron chi connectivity index (χ3n) is 4.81. The van der Waals surface area contributed by atoms with Gasteiger partial charge in [-0.1, -0.05) is 19.3 Å². The van der Waals surface area contributed by atoms with Crippen LogP contribution in [0.4, 0.5) is 0 Å². The highest BCUT2D eigenvalue weighted by Crippen LogP contribution is 2.31. The van der Waals surface area contributed by atoms with Crippen molar-refractivity contribution >= 4 is 5.97 Å². The van der Waals surface area contributed by atoms with Gasteiger partial charge in [0.2, 0.25) is 0 Å². The van der Waals surface area contributed by atoms with Crippen molar-refractivity contribution in [3.8, 4) is 0 Å². The zero-order valence-electron chi connectivity index (χ0n) is 14.7. The number of nitrogens with one attached hydrogen (secondary N) is 1. The fourth-order valence-corrected chi connectivity index (χ4v) is 3.71. The number of esters is 1. The SMILES string of the molecule is CC1(N[C@@H]2CCOC[C@H]2CC(=O)OC(C)(C)C)CCCCC1. The average Bonchev–Trinajstić information content (AvgIpc) is 2.39. The van der Waals surface area contributed by atoms with Gasteiger partial charge in [-0.25, -0.2) is 0 Å². The highest BCUT2D eigenvalue weighted by Gasteiger charge is 2.35. The molecule has 1 aliphatic carbocycles. The molecule has 1 aliphatic heterocycles. The van der Waals surface area contributed by atoms with Crippen LogP contribution in [0.5, 0.6) is 0 Å². The van der Waals surface area contributed by atoms with E-state index in [1.54, 1.807) is 0 Å². The Bertz CT molecular complexity index is 369. The topological polar surface area (TPSA) is 47.6 Å². The number of carbonyl (C=O) groups is 1. The number of carbonyl (C=O) groups excluding carboxylic acids is 1. The van der Waals surface area contributed by atoms with E-state index in [4.69, 9.17) is 9.47 Å². The lowest BCUT2D eigenvalue weighted by molar-refractivity contribution is -0.157. The fourth-order valence-electron chi connectivity index (χ4n) is 3.71. The molecule has 0 radical (unpaired) electrons. The van der Waals surface area contributed by atoms with Crippen molar-refractivity contribution in [3.05, 3.63) is 0 Å². The van der Waals surface area contributed by atoms with E-state index < -0.39 is 5.60 Å². The van der Waals surface area contributed by atoms with Crippen LogP contribution in [0.3, 0.4) is 0 Å². The molecule has 4 nitrogen and oxygen atoms in total. The molecule has 4 heteroatoms. The first-order chi connectivity index (χ1) is 10.3. The average molecular weight is 311 g/mol. The van der Waals surface area contributed by atoms with Crippen LogP contribution in [0.1, 0.15) is 72.6 Å². The van der Waals surface area contributed by atoms with Crippen LogP contribution in [0, 0.1) is 5.92 Å². The largest absolute Gasteiger partial charge is 0.460 e. The van der Waals surface area contributed by atoms with Crippen LogP contribution in [0.2, 0.25) is 0 Å². The third kappa shape index (κ3) is 5.54. The lowest BCUT2D eigenvalue weighted by Crippen LogP contribution is -2.54. The van der Waals surface area contributed by atoms with Gasteiger partial charge in [-0.2, -0.15) is 0 Å². The molecule has 0 spiro atoms. The van der Waals surface area contributed by atoms with Crippen LogP contribution >= 0.6 is 0 Å². The standard InChI is InChI=1S/C18H33NO3/c1-17(2,3)22-16(20)12-14-13-21-11-8-15(14)19-18(4)9-6-5-7-10-18/h14-15,19H,5-13H2,1-4H3/t14-,15-/m1/s1. The van der Waals surface area contributed by atoms with E-state index in [1.807, 2.05) is 20.8 Å². The molecular formula is C18H33NO3. The molecule has 0 bridgehead atoms. The summed E-state index contributed by atoms with van der Waals surface area (Å²) in [6.45, 7) is 9.54. The van der Waals surface area contributed by atoms with E-state index in [2.05, 4.69) is 12.2 Å².